The summed E-state index contributed by atoms with van der Waals surface area (Å²) < 4.78 is 0. The molecule has 0 aliphatic carbocycles. The van der Waals surface area contributed by atoms with Gasteiger partial charge in [-0.2, -0.15) is 0 Å². The van der Waals surface area contributed by atoms with Gasteiger partial charge in [0.2, 0.25) is 5.91 Å². The maximum absolute atomic E-state index is 11.4. The fraction of sp³-hybridized carbons (Fsp3) is 0.667. The van der Waals surface area contributed by atoms with Crippen LogP contribution in [0.4, 0.5) is 4.79 Å². The second kappa shape index (κ2) is 4.59. The van der Waals surface area contributed by atoms with Gasteiger partial charge in [-0.15, -0.1) is 0 Å². The highest BCUT2D eigenvalue weighted by molar-refractivity contribution is 8.13. The first kappa shape index (κ1) is 11.2. The predicted molar refractivity (Wildman–Crippen MR) is 54.1 cm³/mol. The number of carbonyl (C=O) groups is 3. The largest absolute Gasteiger partial charge is 0.297 e. The summed E-state index contributed by atoms with van der Waals surface area (Å²) in [5.41, 5.74) is 0. The molecule has 1 fully saturated rings. The molecular formula is C9H13NO3S. The van der Waals surface area contributed by atoms with Crippen LogP contribution in [0.2, 0.25) is 0 Å². The molecule has 4 nitrogen and oxygen atoms in total. The summed E-state index contributed by atoms with van der Waals surface area (Å²) in [6, 6.07) is -0.604. The third-order valence-corrected chi connectivity index (χ3v) is 3.06. The summed E-state index contributed by atoms with van der Waals surface area (Å²) >= 11 is 1.10. The minimum absolute atomic E-state index is 0.0748. The van der Waals surface area contributed by atoms with Crippen molar-refractivity contribution in [2.45, 2.75) is 32.7 Å². The fourth-order valence-electron chi connectivity index (χ4n) is 1.33. The van der Waals surface area contributed by atoms with E-state index in [9.17, 15) is 14.4 Å². The molecule has 5 heteroatoms. The van der Waals surface area contributed by atoms with Crippen molar-refractivity contribution in [3.8, 4) is 0 Å². The van der Waals surface area contributed by atoms with E-state index in [-0.39, 0.29) is 16.9 Å². The molecule has 0 aromatic heterocycles. The summed E-state index contributed by atoms with van der Waals surface area (Å²) in [6.07, 6.45) is 0.695. The Balaban J connectivity index is 2.77. The molecule has 0 radical (unpaired) electrons. The maximum atomic E-state index is 11.4. The van der Waals surface area contributed by atoms with Gasteiger partial charge in [-0.1, -0.05) is 18.7 Å². The molecule has 0 N–H and O–H groups in total. The molecule has 1 rings (SSSR count). The van der Waals surface area contributed by atoms with Crippen LogP contribution in [0.3, 0.4) is 0 Å². The number of Topliss-reactive ketones (excluding diaryl/α,β-unsaturated/α-hetero) is 1. The Labute approximate surface area is 87.0 Å². The topological polar surface area (TPSA) is 54.5 Å². The van der Waals surface area contributed by atoms with Crippen LogP contribution in [-0.4, -0.2) is 33.6 Å². The zero-order chi connectivity index (χ0) is 10.7. The van der Waals surface area contributed by atoms with Crippen molar-refractivity contribution < 1.29 is 14.4 Å². The number of hydrogen-bond donors (Lipinski definition) is 0. The van der Waals surface area contributed by atoms with E-state index in [1.165, 1.54) is 0 Å². The second-order valence-corrected chi connectivity index (χ2v) is 4.17. The highest BCUT2D eigenvalue weighted by Crippen LogP contribution is 2.21. The minimum Gasteiger partial charge on any atom is -0.297 e. The third kappa shape index (κ3) is 2.15. The lowest BCUT2D eigenvalue weighted by Gasteiger charge is -2.28. The molecule has 1 aliphatic heterocycles. The number of nitrogens with zero attached hydrogens (tertiary/aromatic N) is 1. The Morgan fingerprint density at radius 2 is 2.21 bits per heavy atom. The SMILES string of the molecule is CCC(=O)C(C)N1C(=O)CCSC1=O. The van der Waals surface area contributed by atoms with E-state index in [1.807, 2.05) is 0 Å². The number of amides is 2. The van der Waals surface area contributed by atoms with Crippen molar-refractivity contribution in [2.24, 2.45) is 0 Å². The molecule has 1 saturated heterocycles. The molecule has 1 atom stereocenters. The first-order valence-corrected chi connectivity index (χ1v) is 5.58. The number of hydrogen-bond acceptors (Lipinski definition) is 4. The van der Waals surface area contributed by atoms with Gasteiger partial charge in [-0.05, 0) is 6.92 Å². The molecule has 14 heavy (non-hydrogen) atoms. The number of carbonyl (C=O) groups excluding carboxylic acids is 3. The van der Waals surface area contributed by atoms with Gasteiger partial charge in [0.05, 0.1) is 6.04 Å². The van der Waals surface area contributed by atoms with Gasteiger partial charge in [0.1, 0.15) is 0 Å². The molecule has 0 saturated carbocycles. The Morgan fingerprint density at radius 3 is 2.71 bits per heavy atom. The van der Waals surface area contributed by atoms with E-state index in [2.05, 4.69) is 0 Å². The molecule has 1 aliphatic rings. The van der Waals surface area contributed by atoms with Gasteiger partial charge >= 0.3 is 0 Å². The van der Waals surface area contributed by atoms with Crippen LogP contribution >= 0.6 is 11.8 Å². The van der Waals surface area contributed by atoms with Crippen molar-refractivity contribution in [1.29, 1.82) is 0 Å². The van der Waals surface area contributed by atoms with Crippen molar-refractivity contribution in [3.05, 3.63) is 0 Å². The molecular weight excluding hydrogens is 202 g/mol. The normalized spacial score (nSPS) is 19.7. The van der Waals surface area contributed by atoms with Gasteiger partial charge < -0.3 is 0 Å². The molecule has 78 valence electrons. The summed E-state index contributed by atoms with van der Waals surface area (Å²) in [7, 11) is 0. The molecule has 1 unspecified atom stereocenters. The fourth-order valence-corrected chi connectivity index (χ4v) is 2.18. The second-order valence-electron chi connectivity index (χ2n) is 3.12. The number of ketones is 1. The van der Waals surface area contributed by atoms with E-state index >= 15 is 0 Å². The molecule has 0 aromatic carbocycles. The minimum atomic E-state index is -0.604. The van der Waals surface area contributed by atoms with Crippen LogP contribution in [0.15, 0.2) is 0 Å². The van der Waals surface area contributed by atoms with Crippen LogP contribution in [0.25, 0.3) is 0 Å². The Kier molecular flexibility index (Phi) is 3.69. The predicted octanol–water partition coefficient (Wildman–Crippen LogP) is 1.44. The van der Waals surface area contributed by atoms with E-state index in [1.54, 1.807) is 13.8 Å². The highest BCUT2D eigenvalue weighted by Gasteiger charge is 2.33. The van der Waals surface area contributed by atoms with Crippen LogP contribution in [0.1, 0.15) is 26.7 Å². The Morgan fingerprint density at radius 1 is 1.57 bits per heavy atom. The van der Waals surface area contributed by atoms with Gasteiger partial charge in [-0.25, -0.2) is 0 Å². The van der Waals surface area contributed by atoms with E-state index < -0.39 is 6.04 Å². The lowest BCUT2D eigenvalue weighted by Crippen LogP contribution is -2.47. The zero-order valence-electron chi connectivity index (χ0n) is 8.28. The van der Waals surface area contributed by atoms with Gasteiger partial charge in [0.15, 0.2) is 5.78 Å². The van der Waals surface area contributed by atoms with Gasteiger partial charge in [0, 0.05) is 18.6 Å². The van der Waals surface area contributed by atoms with Crippen LogP contribution in [-0.2, 0) is 9.59 Å². The van der Waals surface area contributed by atoms with E-state index in [4.69, 9.17) is 0 Å². The number of thioether (sulfide) groups is 1. The Hall–Kier alpha value is -0.840. The number of imide groups is 1. The summed E-state index contributed by atoms with van der Waals surface area (Å²) in [6.45, 7) is 3.33. The van der Waals surface area contributed by atoms with E-state index in [0.29, 0.717) is 18.6 Å². The van der Waals surface area contributed by atoms with Crippen molar-refractivity contribution in [1.82, 2.24) is 4.90 Å². The summed E-state index contributed by atoms with van der Waals surface area (Å²) in [5, 5.41) is -0.296. The zero-order valence-corrected chi connectivity index (χ0v) is 9.10. The van der Waals surface area contributed by atoms with Crippen molar-refractivity contribution in [2.75, 3.05) is 5.75 Å². The molecule has 0 aromatic rings. The van der Waals surface area contributed by atoms with Gasteiger partial charge in [-0.3, -0.25) is 19.3 Å². The quantitative estimate of drug-likeness (QED) is 0.714. The molecule has 0 spiro atoms. The van der Waals surface area contributed by atoms with E-state index in [0.717, 1.165) is 16.7 Å². The lowest BCUT2D eigenvalue weighted by atomic mass is 10.1. The highest BCUT2D eigenvalue weighted by atomic mass is 32.2. The molecule has 0 bridgehead atoms. The average molecular weight is 215 g/mol. The van der Waals surface area contributed by atoms with Crippen LogP contribution in [0, 0.1) is 0 Å². The maximum Gasteiger partial charge on any atom is 0.288 e. The van der Waals surface area contributed by atoms with Crippen molar-refractivity contribution in [3.63, 3.8) is 0 Å². The number of rotatable bonds is 3. The molecule has 1 heterocycles. The van der Waals surface area contributed by atoms with Crippen LogP contribution in [0.5, 0.6) is 0 Å². The summed E-state index contributed by atoms with van der Waals surface area (Å²) in [5.74, 6) is 0.221. The lowest BCUT2D eigenvalue weighted by molar-refractivity contribution is -0.135. The first-order chi connectivity index (χ1) is 6.57. The third-order valence-electron chi connectivity index (χ3n) is 2.21. The molecule has 2 amide bonds. The van der Waals surface area contributed by atoms with Crippen LogP contribution < -0.4 is 0 Å². The first-order valence-electron chi connectivity index (χ1n) is 4.59. The summed E-state index contributed by atoms with van der Waals surface area (Å²) in [4.78, 5) is 35.2. The monoisotopic (exact) mass is 215 g/mol. The van der Waals surface area contributed by atoms with Gasteiger partial charge in [0.25, 0.3) is 5.24 Å². The van der Waals surface area contributed by atoms with Crippen molar-refractivity contribution >= 4 is 28.7 Å². The Bertz CT molecular complexity index is 261. The standard InChI is InChI=1S/C9H13NO3S/c1-3-7(11)6(2)10-8(12)4-5-14-9(10)13/h6H,3-5H2,1-2H3. The smallest absolute Gasteiger partial charge is 0.288 e. The average Bonchev–Trinajstić information content (AvgIpc) is 2.16.